The number of anilines is 1. The number of fused-ring (bicyclic) bond motifs is 1. The SMILES string of the molecule is CCn1c(C(=O)NCc2ccco2)cc2cc(NC(=O)[C@H]3CCC[C@@H](OC)C3)ccc21. The first-order chi connectivity index (χ1) is 15.1. The minimum atomic E-state index is -0.159. The molecule has 1 fully saturated rings. The number of nitrogens with one attached hydrogen (secondary N) is 2. The van der Waals surface area contributed by atoms with E-state index < -0.39 is 0 Å². The summed E-state index contributed by atoms with van der Waals surface area (Å²) in [4.78, 5) is 25.5. The first kappa shape index (κ1) is 21.2. The van der Waals surface area contributed by atoms with Gasteiger partial charge in [-0.2, -0.15) is 0 Å². The van der Waals surface area contributed by atoms with Gasteiger partial charge in [0.15, 0.2) is 0 Å². The summed E-state index contributed by atoms with van der Waals surface area (Å²) in [6.07, 6.45) is 5.42. The summed E-state index contributed by atoms with van der Waals surface area (Å²) in [7, 11) is 1.71. The van der Waals surface area contributed by atoms with Crippen molar-refractivity contribution in [2.75, 3.05) is 12.4 Å². The molecule has 0 saturated heterocycles. The molecule has 0 radical (unpaired) electrons. The molecular formula is C24H29N3O4. The van der Waals surface area contributed by atoms with Crippen LogP contribution in [0.2, 0.25) is 0 Å². The van der Waals surface area contributed by atoms with Crippen LogP contribution < -0.4 is 10.6 Å². The largest absolute Gasteiger partial charge is 0.467 e. The van der Waals surface area contributed by atoms with Crippen molar-refractivity contribution >= 4 is 28.4 Å². The van der Waals surface area contributed by atoms with Crippen LogP contribution in [-0.4, -0.2) is 29.6 Å². The first-order valence-corrected chi connectivity index (χ1v) is 10.9. The third-order valence-corrected chi connectivity index (χ3v) is 6.05. The van der Waals surface area contributed by atoms with Gasteiger partial charge in [0.2, 0.25) is 5.91 Å². The summed E-state index contributed by atoms with van der Waals surface area (Å²) in [5.74, 6) is 0.550. The van der Waals surface area contributed by atoms with Crippen LogP contribution in [0.3, 0.4) is 0 Å². The molecule has 2 heterocycles. The van der Waals surface area contributed by atoms with Gasteiger partial charge in [-0.05, 0) is 62.6 Å². The first-order valence-electron chi connectivity index (χ1n) is 10.9. The Balaban J connectivity index is 1.49. The number of furan rings is 1. The van der Waals surface area contributed by atoms with Crippen molar-refractivity contribution in [1.29, 1.82) is 0 Å². The number of benzene rings is 1. The molecular weight excluding hydrogens is 394 g/mol. The number of aromatic nitrogens is 1. The number of carbonyl (C=O) groups excluding carboxylic acids is 2. The zero-order chi connectivity index (χ0) is 21.8. The second kappa shape index (κ2) is 9.39. The van der Waals surface area contributed by atoms with Crippen molar-refractivity contribution in [3.63, 3.8) is 0 Å². The maximum atomic E-state index is 12.8. The molecule has 2 atom stereocenters. The number of rotatable bonds is 7. The molecule has 0 spiro atoms. The lowest BCUT2D eigenvalue weighted by atomic mass is 9.86. The number of aryl methyl sites for hydroxylation is 1. The molecule has 7 heteroatoms. The van der Waals surface area contributed by atoms with Gasteiger partial charge in [-0.3, -0.25) is 9.59 Å². The molecule has 0 aliphatic heterocycles. The Morgan fingerprint density at radius 2 is 2.10 bits per heavy atom. The maximum absolute atomic E-state index is 12.8. The van der Waals surface area contributed by atoms with E-state index in [1.165, 1.54) is 0 Å². The van der Waals surface area contributed by atoms with Gasteiger partial charge in [-0.15, -0.1) is 0 Å². The molecule has 3 aromatic rings. The van der Waals surface area contributed by atoms with E-state index in [4.69, 9.17) is 9.15 Å². The van der Waals surface area contributed by atoms with Crippen LogP contribution in [0.1, 0.15) is 48.9 Å². The van der Waals surface area contributed by atoms with Crippen molar-refractivity contribution in [3.05, 3.63) is 54.1 Å². The van der Waals surface area contributed by atoms with Crippen molar-refractivity contribution < 1.29 is 18.7 Å². The van der Waals surface area contributed by atoms with Gasteiger partial charge in [-0.25, -0.2) is 0 Å². The molecule has 1 aliphatic rings. The highest BCUT2D eigenvalue weighted by Gasteiger charge is 2.27. The van der Waals surface area contributed by atoms with E-state index in [9.17, 15) is 9.59 Å². The topological polar surface area (TPSA) is 85.5 Å². The molecule has 2 N–H and O–H groups in total. The van der Waals surface area contributed by atoms with E-state index >= 15 is 0 Å². The van der Waals surface area contributed by atoms with E-state index in [0.29, 0.717) is 24.5 Å². The minimum Gasteiger partial charge on any atom is -0.467 e. The van der Waals surface area contributed by atoms with Gasteiger partial charge in [0.05, 0.1) is 18.9 Å². The zero-order valence-corrected chi connectivity index (χ0v) is 18.0. The standard InChI is InChI=1S/C24H29N3O4/c1-3-27-21-10-9-18(26-23(28)16-6-4-7-19(13-16)30-2)12-17(21)14-22(27)24(29)25-15-20-8-5-11-31-20/h5,8-12,14,16,19H,3-4,6-7,13,15H2,1-2H3,(H,25,29)(H,26,28)/t16-,19+/m0/s1. The van der Waals surface area contributed by atoms with E-state index in [0.717, 1.165) is 42.3 Å². The maximum Gasteiger partial charge on any atom is 0.268 e. The highest BCUT2D eigenvalue weighted by Crippen LogP contribution is 2.28. The molecule has 31 heavy (non-hydrogen) atoms. The van der Waals surface area contributed by atoms with Crippen LogP contribution in [0.5, 0.6) is 0 Å². The fourth-order valence-electron chi connectivity index (χ4n) is 4.39. The molecule has 164 valence electrons. The quantitative estimate of drug-likeness (QED) is 0.592. The van der Waals surface area contributed by atoms with Crippen molar-refractivity contribution in [2.24, 2.45) is 5.92 Å². The second-order valence-electron chi connectivity index (χ2n) is 8.02. The van der Waals surface area contributed by atoms with E-state index in [2.05, 4.69) is 10.6 Å². The molecule has 0 bridgehead atoms. The highest BCUT2D eigenvalue weighted by atomic mass is 16.5. The van der Waals surface area contributed by atoms with Gasteiger partial charge in [-0.1, -0.05) is 6.42 Å². The molecule has 2 aromatic heterocycles. The summed E-state index contributed by atoms with van der Waals surface area (Å²) in [6, 6.07) is 11.3. The van der Waals surface area contributed by atoms with Crippen molar-refractivity contribution in [2.45, 2.75) is 51.8 Å². The zero-order valence-electron chi connectivity index (χ0n) is 18.0. The summed E-state index contributed by atoms with van der Waals surface area (Å²) >= 11 is 0. The van der Waals surface area contributed by atoms with Crippen LogP contribution in [0, 0.1) is 5.92 Å². The molecule has 4 rings (SSSR count). The Bertz CT molecular complexity index is 1050. The third-order valence-electron chi connectivity index (χ3n) is 6.05. The molecule has 1 saturated carbocycles. The van der Waals surface area contributed by atoms with Gasteiger partial charge >= 0.3 is 0 Å². The monoisotopic (exact) mass is 423 g/mol. The Morgan fingerprint density at radius 1 is 1.23 bits per heavy atom. The molecule has 2 amide bonds. The normalized spacial score (nSPS) is 18.8. The lowest BCUT2D eigenvalue weighted by molar-refractivity contribution is -0.122. The fourth-order valence-corrected chi connectivity index (χ4v) is 4.39. The van der Waals surface area contributed by atoms with E-state index in [1.54, 1.807) is 19.4 Å². The molecule has 0 unspecified atom stereocenters. The summed E-state index contributed by atoms with van der Waals surface area (Å²) < 4.78 is 12.7. The Kier molecular flexibility index (Phi) is 6.42. The number of hydrogen-bond donors (Lipinski definition) is 2. The predicted molar refractivity (Wildman–Crippen MR) is 119 cm³/mol. The van der Waals surface area contributed by atoms with Crippen LogP contribution in [0.25, 0.3) is 10.9 Å². The Morgan fingerprint density at radius 3 is 2.84 bits per heavy atom. The number of nitrogens with zero attached hydrogens (tertiary/aromatic N) is 1. The lowest BCUT2D eigenvalue weighted by Gasteiger charge is -2.27. The molecule has 1 aliphatic carbocycles. The van der Waals surface area contributed by atoms with Gasteiger partial charge in [0.1, 0.15) is 11.5 Å². The van der Waals surface area contributed by atoms with Crippen LogP contribution in [0.15, 0.2) is 47.1 Å². The summed E-state index contributed by atoms with van der Waals surface area (Å²) in [5.41, 5.74) is 2.29. The average molecular weight is 424 g/mol. The molecule has 7 nitrogen and oxygen atoms in total. The third kappa shape index (κ3) is 4.66. The van der Waals surface area contributed by atoms with Gasteiger partial charge in [0, 0.05) is 36.2 Å². The predicted octanol–water partition coefficient (Wildman–Crippen LogP) is 4.33. The van der Waals surface area contributed by atoms with Gasteiger partial charge < -0.3 is 24.4 Å². The number of ether oxygens (including phenoxy) is 1. The van der Waals surface area contributed by atoms with Crippen molar-refractivity contribution in [1.82, 2.24) is 9.88 Å². The van der Waals surface area contributed by atoms with E-state index in [-0.39, 0.29) is 23.8 Å². The second-order valence-corrected chi connectivity index (χ2v) is 8.02. The minimum absolute atomic E-state index is 0.0300. The van der Waals surface area contributed by atoms with E-state index in [1.807, 2.05) is 41.8 Å². The number of carbonyl (C=O) groups is 2. The number of amides is 2. The Labute approximate surface area is 181 Å². The smallest absolute Gasteiger partial charge is 0.268 e. The molecule has 1 aromatic carbocycles. The van der Waals surface area contributed by atoms with Gasteiger partial charge in [0.25, 0.3) is 5.91 Å². The number of hydrogen-bond acceptors (Lipinski definition) is 4. The average Bonchev–Trinajstić information content (AvgIpc) is 3.44. The summed E-state index contributed by atoms with van der Waals surface area (Å²) in [5, 5.41) is 6.87. The van der Waals surface area contributed by atoms with Crippen LogP contribution >= 0.6 is 0 Å². The van der Waals surface area contributed by atoms with Crippen LogP contribution in [0.4, 0.5) is 5.69 Å². The lowest BCUT2D eigenvalue weighted by Crippen LogP contribution is -2.30. The number of methoxy groups -OCH3 is 1. The van der Waals surface area contributed by atoms with Crippen LogP contribution in [-0.2, 0) is 22.6 Å². The fraction of sp³-hybridized carbons (Fsp3) is 0.417. The van der Waals surface area contributed by atoms with Crippen molar-refractivity contribution in [3.8, 4) is 0 Å². The Hall–Kier alpha value is -3.06. The summed E-state index contributed by atoms with van der Waals surface area (Å²) in [6.45, 7) is 3.01. The highest BCUT2D eigenvalue weighted by molar-refractivity contribution is 6.00.